The predicted molar refractivity (Wildman–Crippen MR) is 96.8 cm³/mol. The molecule has 0 unspecified atom stereocenters. The first kappa shape index (κ1) is 17.0. The van der Waals surface area contributed by atoms with Crippen LogP contribution in [-0.2, 0) is 0 Å². The lowest BCUT2D eigenvalue weighted by Crippen LogP contribution is -2.38. The number of nitrogens with zero attached hydrogens (tertiary/aromatic N) is 2. The molecule has 0 radical (unpaired) electrons. The highest BCUT2D eigenvalue weighted by Gasteiger charge is 2.18. The molecule has 0 aromatic heterocycles. The van der Waals surface area contributed by atoms with Crippen LogP contribution in [0.5, 0.6) is 0 Å². The Morgan fingerprint density at radius 1 is 0.913 bits per heavy atom. The molecule has 4 heteroatoms. The van der Waals surface area contributed by atoms with Gasteiger partial charge in [0, 0.05) is 30.0 Å². The lowest BCUT2D eigenvalue weighted by atomic mass is 10.1. The third-order valence-corrected chi connectivity index (χ3v) is 4.00. The maximum Gasteiger partial charge on any atom is 0.258 e. The van der Waals surface area contributed by atoms with Gasteiger partial charge in [0.15, 0.2) is 0 Å². The van der Waals surface area contributed by atoms with E-state index in [0.29, 0.717) is 17.8 Å². The number of anilines is 2. The van der Waals surface area contributed by atoms with Gasteiger partial charge in [-0.1, -0.05) is 32.0 Å². The number of nitrogen functional groups attached to an aromatic ring is 1. The van der Waals surface area contributed by atoms with Gasteiger partial charge < -0.3 is 15.5 Å². The number of hydrogen-bond acceptors (Lipinski definition) is 3. The van der Waals surface area contributed by atoms with Gasteiger partial charge in [-0.2, -0.15) is 0 Å². The minimum atomic E-state index is 0.00311. The summed E-state index contributed by atoms with van der Waals surface area (Å²) >= 11 is 0. The summed E-state index contributed by atoms with van der Waals surface area (Å²) in [5.41, 5.74) is 7.95. The summed E-state index contributed by atoms with van der Waals surface area (Å²) in [6.45, 7) is 7.75. The van der Waals surface area contributed by atoms with E-state index in [1.807, 2.05) is 35.2 Å². The molecule has 2 N–H and O–H groups in total. The van der Waals surface area contributed by atoms with Crippen LogP contribution in [0.4, 0.5) is 11.4 Å². The number of likely N-dealkylation sites (N-methyl/N-ethyl adjacent to an activating group) is 1. The lowest BCUT2D eigenvalue weighted by Gasteiger charge is -2.26. The number of amides is 1. The van der Waals surface area contributed by atoms with E-state index in [1.165, 1.54) is 0 Å². The van der Waals surface area contributed by atoms with E-state index in [4.69, 9.17) is 5.73 Å². The molecule has 0 aliphatic carbocycles. The molecule has 0 aliphatic heterocycles. The van der Waals surface area contributed by atoms with Crippen LogP contribution in [0.1, 0.15) is 24.2 Å². The zero-order valence-electron chi connectivity index (χ0n) is 13.9. The molecule has 0 heterocycles. The highest BCUT2D eigenvalue weighted by molar-refractivity contribution is 6.06. The van der Waals surface area contributed by atoms with Crippen molar-refractivity contribution in [1.29, 1.82) is 0 Å². The second kappa shape index (κ2) is 8.34. The fraction of sp³-hybridized carbons (Fsp3) is 0.316. The van der Waals surface area contributed by atoms with Crippen molar-refractivity contribution in [2.75, 3.05) is 36.8 Å². The Balaban J connectivity index is 2.22. The molecule has 0 aliphatic rings. The molecule has 1 amide bonds. The maximum absolute atomic E-state index is 12.9. The predicted octanol–water partition coefficient (Wildman–Crippen LogP) is 3.26. The molecule has 4 nitrogen and oxygen atoms in total. The fourth-order valence-electron chi connectivity index (χ4n) is 2.52. The molecule has 2 rings (SSSR count). The first-order chi connectivity index (χ1) is 11.2. The van der Waals surface area contributed by atoms with Crippen molar-refractivity contribution in [3.63, 3.8) is 0 Å². The average molecular weight is 311 g/mol. The van der Waals surface area contributed by atoms with E-state index < -0.39 is 0 Å². The molecule has 0 spiro atoms. The maximum atomic E-state index is 12.9. The smallest absolute Gasteiger partial charge is 0.258 e. The molecule has 2 aromatic carbocycles. The topological polar surface area (TPSA) is 49.6 Å². The van der Waals surface area contributed by atoms with Gasteiger partial charge in [0.25, 0.3) is 5.91 Å². The minimum Gasteiger partial charge on any atom is -0.399 e. The molecule has 0 saturated carbocycles. The van der Waals surface area contributed by atoms with E-state index in [0.717, 1.165) is 25.3 Å². The summed E-state index contributed by atoms with van der Waals surface area (Å²) in [6.07, 6.45) is 0. The monoisotopic (exact) mass is 311 g/mol. The summed E-state index contributed by atoms with van der Waals surface area (Å²) in [4.78, 5) is 17.1. The fourth-order valence-corrected chi connectivity index (χ4v) is 2.52. The number of hydrogen-bond donors (Lipinski definition) is 1. The van der Waals surface area contributed by atoms with Gasteiger partial charge >= 0.3 is 0 Å². The van der Waals surface area contributed by atoms with E-state index in [9.17, 15) is 4.79 Å². The lowest BCUT2D eigenvalue weighted by molar-refractivity contribution is 0.0984. The van der Waals surface area contributed by atoms with Crippen LogP contribution in [-0.4, -0.2) is 37.0 Å². The van der Waals surface area contributed by atoms with Gasteiger partial charge in [0.05, 0.1) is 0 Å². The zero-order valence-corrected chi connectivity index (χ0v) is 13.9. The quantitative estimate of drug-likeness (QED) is 0.799. The second-order valence-corrected chi connectivity index (χ2v) is 5.44. The van der Waals surface area contributed by atoms with Crippen molar-refractivity contribution < 1.29 is 4.79 Å². The van der Waals surface area contributed by atoms with Gasteiger partial charge in [-0.05, 0) is 49.5 Å². The summed E-state index contributed by atoms with van der Waals surface area (Å²) in [7, 11) is 0. The Labute approximate surface area is 138 Å². The van der Waals surface area contributed by atoms with Crippen molar-refractivity contribution >= 4 is 17.3 Å². The molecule has 0 saturated heterocycles. The van der Waals surface area contributed by atoms with Gasteiger partial charge in [-0.3, -0.25) is 4.79 Å². The largest absolute Gasteiger partial charge is 0.399 e. The van der Waals surface area contributed by atoms with E-state index in [1.54, 1.807) is 24.3 Å². The van der Waals surface area contributed by atoms with Crippen LogP contribution in [0.15, 0.2) is 54.6 Å². The Kier molecular flexibility index (Phi) is 6.18. The molecule has 23 heavy (non-hydrogen) atoms. The van der Waals surface area contributed by atoms with Crippen LogP contribution in [0, 0.1) is 0 Å². The molecule has 0 fully saturated rings. The number of benzene rings is 2. The molecular formula is C19H25N3O. The summed E-state index contributed by atoms with van der Waals surface area (Å²) in [5.74, 6) is 0.00311. The summed E-state index contributed by atoms with van der Waals surface area (Å²) in [5, 5.41) is 0. The van der Waals surface area contributed by atoms with Crippen LogP contribution in [0.25, 0.3) is 0 Å². The van der Waals surface area contributed by atoms with Crippen LogP contribution in [0.3, 0.4) is 0 Å². The zero-order chi connectivity index (χ0) is 16.7. The van der Waals surface area contributed by atoms with Crippen molar-refractivity contribution in [3.8, 4) is 0 Å². The Bertz CT molecular complexity index is 606. The Morgan fingerprint density at radius 3 is 2.09 bits per heavy atom. The molecule has 2 aromatic rings. The van der Waals surface area contributed by atoms with Gasteiger partial charge in [0.1, 0.15) is 0 Å². The van der Waals surface area contributed by atoms with Gasteiger partial charge in [0.2, 0.25) is 0 Å². The van der Waals surface area contributed by atoms with E-state index >= 15 is 0 Å². The van der Waals surface area contributed by atoms with Crippen LogP contribution >= 0.6 is 0 Å². The van der Waals surface area contributed by atoms with Gasteiger partial charge in [-0.25, -0.2) is 0 Å². The molecule has 0 bridgehead atoms. The normalized spacial score (nSPS) is 10.7. The molecule has 0 atom stereocenters. The standard InChI is InChI=1S/C19H25N3O/c1-3-21(4-2)14-15-22(18-8-6-5-7-9-18)19(23)16-10-12-17(20)13-11-16/h5-13H,3-4,14-15,20H2,1-2H3. The molecule has 122 valence electrons. The second-order valence-electron chi connectivity index (χ2n) is 5.44. The van der Waals surface area contributed by atoms with Gasteiger partial charge in [-0.15, -0.1) is 0 Å². The van der Waals surface area contributed by atoms with Crippen molar-refractivity contribution in [2.45, 2.75) is 13.8 Å². The van der Waals surface area contributed by atoms with E-state index in [2.05, 4.69) is 18.7 Å². The van der Waals surface area contributed by atoms with Crippen molar-refractivity contribution in [2.24, 2.45) is 0 Å². The number of carbonyl (C=O) groups excluding carboxylic acids is 1. The first-order valence-electron chi connectivity index (χ1n) is 8.10. The third kappa shape index (κ3) is 4.57. The van der Waals surface area contributed by atoms with Crippen molar-refractivity contribution in [1.82, 2.24) is 4.90 Å². The minimum absolute atomic E-state index is 0.00311. The van der Waals surface area contributed by atoms with Crippen LogP contribution in [0.2, 0.25) is 0 Å². The highest BCUT2D eigenvalue weighted by Crippen LogP contribution is 2.17. The number of nitrogens with two attached hydrogens (primary N) is 1. The average Bonchev–Trinajstić information content (AvgIpc) is 2.60. The number of para-hydroxylation sites is 1. The Morgan fingerprint density at radius 2 is 1.52 bits per heavy atom. The van der Waals surface area contributed by atoms with E-state index in [-0.39, 0.29) is 5.91 Å². The number of carbonyl (C=O) groups is 1. The summed E-state index contributed by atoms with van der Waals surface area (Å²) in [6, 6.07) is 16.9. The number of rotatable bonds is 7. The molecular weight excluding hydrogens is 286 g/mol. The SMILES string of the molecule is CCN(CC)CCN(C(=O)c1ccc(N)cc1)c1ccccc1. The third-order valence-electron chi connectivity index (χ3n) is 4.00. The van der Waals surface area contributed by atoms with Crippen molar-refractivity contribution in [3.05, 3.63) is 60.2 Å². The first-order valence-corrected chi connectivity index (χ1v) is 8.10. The summed E-state index contributed by atoms with van der Waals surface area (Å²) < 4.78 is 0. The highest BCUT2D eigenvalue weighted by atomic mass is 16.2. The Hall–Kier alpha value is -2.33. The van der Waals surface area contributed by atoms with Crippen LogP contribution < -0.4 is 10.6 Å².